The summed E-state index contributed by atoms with van der Waals surface area (Å²) in [5, 5.41) is 3.41. The van der Waals surface area contributed by atoms with Crippen LogP contribution in [0, 0.1) is 0 Å². The van der Waals surface area contributed by atoms with Gasteiger partial charge in [-0.1, -0.05) is 18.2 Å². The summed E-state index contributed by atoms with van der Waals surface area (Å²) in [5.74, 6) is 1.15. The Labute approximate surface area is 77.9 Å². The van der Waals surface area contributed by atoms with Crippen LogP contribution in [0.3, 0.4) is 0 Å². The number of benzene rings is 1. The second-order valence-corrected chi connectivity index (χ2v) is 3.73. The molecule has 0 aromatic heterocycles. The fraction of sp³-hybridized carbons (Fsp3) is 0.455. The lowest BCUT2D eigenvalue weighted by molar-refractivity contribution is 0.330. The molecule has 0 amide bonds. The molecule has 1 saturated heterocycles. The van der Waals surface area contributed by atoms with Crippen LogP contribution in [0.1, 0.15) is 23.6 Å². The second kappa shape index (κ2) is 2.74. The van der Waals surface area contributed by atoms with Gasteiger partial charge >= 0.3 is 0 Å². The van der Waals surface area contributed by atoms with Crippen LogP contribution in [0.5, 0.6) is 5.75 Å². The van der Waals surface area contributed by atoms with Gasteiger partial charge in [-0.15, -0.1) is 0 Å². The topological polar surface area (TPSA) is 21.3 Å². The van der Waals surface area contributed by atoms with Gasteiger partial charge in [-0.25, -0.2) is 0 Å². The summed E-state index contributed by atoms with van der Waals surface area (Å²) >= 11 is 0. The third kappa shape index (κ3) is 1.05. The maximum absolute atomic E-state index is 5.65. The Hall–Kier alpha value is -1.02. The van der Waals surface area contributed by atoms with E-state index in [2.05, 4.69) is 23.5 Å². The lowest BCUT2D eigenvalue weighted by Crippen LogP contribution is -2.35. The summed E-state index contributed by atoms with van der Waals surface area (Å²) in [6.07, 6.45) is 2.33. The van der Waals surface area contributed by atoms with Crippen molar-refractivity contribution in [3.63, 3.8) is 0 Å². The Morgan fingerprint density at radius 2 is 2.31 bits per heavy atom. The Balaban J connectivity index is 2.04. The number of nitrogens with one attached hydrogen (secondary N) is 1. The fourth-order valence-electron chi connectivity index (χ4n) is 2.07. The summed E-state index contributed by atoms with van der Waals surface area (Å²) in [6, 6.07) is 7.04. The van der Waals surface area contributed by atoms with Crippen molar-refractivity contribution in [1.82, 2.24) is 5.32 Å². The number of hydrogen-bond donors (Lipinski definition) is 1. The molecule has 0 spiro atoms. The zero-order chi connectivity index (χ0) is 8.67. The molecule has 0 radical (unpaired) electrons. The van der Waals surface area contributed by atoms with Gasteiger partial charge in [0, 0.05) is 18.0 Å². The predicted molar refractivity (Wildman–Crippen MR) is 51.0 cm³/mol. The van der Waals surface area contributed by atoms with Gasteiger partial charge in [0.2, 0.25) is 0 Å². The van der Waals surface area contributed by atoms with Crippen molar-refractivity contribution in [2.75, 3.05) is 13.2 Å². The lowest BCUT2D eigenvalue weighted by atomic mass is 9.95. The molecule has 2 heterocycles. The molecule has 1 aromatic rings. The largest absolute Gasteiger partial charge is 0.493 e. The highest BCUT2D eigenvalue weighted by Gasteiger charge is 2.25. The van der Waals surface area contributed by atoms with E-state index < -0.39 is 0 Å². The van der Waals surface area contributed by atoms with Gasteiger partial charge in [0.25, 0.3) is 0 Å². The van der Waals surface area contributed by atoms with Crippen LogP contribution in [-0.4, -0.2) is 13.2 Å². The summed E-state index contributed by atoms with van der Waals surface area (Å²) in [5.41, 5.74) is 2.74. The maximum Gasteiger partial charge on any atom is 0.127 e. The van der Waals surface area contributed by atoms with E-state index in [9.17, 15) is 0 Å². The van der Waals surface area contributed by atoms with Crippen molar-refractivity contribution < 1.29 is 4.74 Å². The Bertz CT molecular complexity index is 331. The van der Waals surface area contributed by atoms with Crippen molar-refractivity contribution in [2.45, 2.75) is 18.9 Å². The second-order valence-electron chi connectivity index (χ2n) is 3.73. The number of fused-ring (bicyclic) bond motifs is 1. The first-order valence-corrected chi connectivity index (χ1v) is 4.93. The van der Waals surface area contributed by atoms with Gasteiger partial charge in [0.1, 0.15) is 5.75 Å². The smallest absolute Gasteiger partial charge is 0.127 e. The molecule has 0 saturated carbocycles. The van der Waals surface area contributed by atoms with Gasteiger partial charge in [0.15, 0.2) is 0 Å². The average molecular weight is 175 g/mol. The molecule has 0 aliphatic carbocycles. The van der Waals surface area contributed by atoms with Crippen molar-refractivity contribution in [3.05, 3.63) is 29.3 Å². The van der Waals surface area contributed by atoms with Crippen LogP contribution in [0.15, 0.2) is 18.2 Å². The monoisotopic (exact) mass is 175 g/mol. The summed E-state index contributed by atoms with van der Waals surface area (Å²) < 4.78 is 5.65. The van der Waals surface area contributed by atoms with Crippen LogP contribution in [0.4, 0.5) is 0 Å². The van der Waals surface area contributed by atoms with Gasteiger partial charge in [-0.3, -0.25) is 0 Å². The third-order valence-electron chi connectivity index (χ3n) is 2.94. The molecule has 1 aromatic carbocycles. The highest BCUT2D eigenvalue weighted by Crippen LogP contribution is 2.36. The zero-order valence-electron chi connectivity index (χ0n) is 7.55. The predicted octanol–water partition coefficient (Wildman–Crippen LogP) is 1.66. The average Bonchev–Trinajstić information content (AvgIpc) is 2.49. The van der Waals surface area contributed by atoms with Crippen molar-refractivity contribution in [1.29, 1.82) is 0 Å². The normalized spacial score (nSPS) is 24.8. The number of para-hydroxylation sites is 1. The highest BCUT2D eigenvalue weighted by molar-refractivity contribution is 5.46. The Morgan fingerprint density at radius 1 is 1.38 bits per heavy atom. The van der Waals surface area contributed by atoms with E-state index in [-0.39, 0.29) is 0 Å². The summed E-state index contributed by atoms with van der Waals surface area (Å²) in [6.45, 7) is 2.01. The van der Waals surface area contributed by atoms with Crippen molar-refractivity contribution in [2.24, 2.45) is 0 Å². The van der Waals surface area contributed by atoms with Gasteiger partial charge in [-0.05, 0) is 18.5 Å². The number of rotatable bonds is 1. The maximum atomic E-state index is 5.65. The van der Waals surface area contributed by atoms with Crippen molar-refractivity contribution in [3.8, 4) is 5.75 Å². The molecule has 0 bridgehead atoms. The van der Waals surface area contributed by atoms with E-state index in [0.717, 1.165) is 25.3 Å². The van der Waals surface area contributed by atoms with Gasteiger partial charge in [0.05, 0.1) is 6.61 Å². The Kier molecular flexibility index (Phi) is 1.56. The highest BCUT2D eigenvalue weighted by atomic mass is 16.5. The molecule has 13 heavy (non-hydrogen) atoms. The quantitative estimate of drug-likeness (QED) is 0.700. The van der Waals surface area contributed by atoms with E-state index >= 15 is 0 Å². The van der Waals surface area contributed by atoms with Crippen LogP contribution in [0.25, 0.3) is 0 Å². The minimum Gasteiger partial charge on any atom is -0.493 e. The summed E-state index contributed by atoms with van der Waals surface area (Å²) in [7, 11) is 0. The minimum atomic E-state index is 0.549. The molecule has 68 valence electrons. The molecule has 1 N–H and O–H groups in total. The van der Waals surface area contributed by atoms with Gasteiger partial charge in [-0.2, -0.15) is 0 Å². The first kappa shape index (κ1) is 7.39. The molecule has 1 unspecified atom stereocenters. The molecule has 2 nitrogen and oxygen atoms in total. The first-order chi connectivity index (χ1) is 6.45. The van der Waals surface area contributed by atoms with Crippen LogP contribution in [-0.2, 0) is 6.42 Å². The molecule has 2 aliphatic heterocycles. The SMILES string of the molecule is c1cc2c(c(C3CCN3)c1)OCC2. The summed E-state index contributed by atoms with van der Waals surface area (Å²) in [4.78, 5) is 0. The number of ether oxygens (including phenoxy) is 1. The zero-order valence-corrected chi connectivity index (χ0v) is 7.55. The van der Waals surface area contributed by atoms with E-state index in [0.29, 0.717) is 6.04 Å². The third-order valence-corrected chi connectivity index (χ3v) is 2.94. The molecule has 3 rings (SSSR count). The molecular weight excluding hydrogens is 162 g/mol. The lowest BCUT2D eigenvalue weighted by Gasteiger charge is -2.29. The Morgan fingerprint density at radius 3 is 3.08 bits per heavy atom. The van der Waals surface area contributed by atoms with E-state index in [4.69, 9.17) is 4.74 Å². The molecular formula is C11H13NO. The van der Waals surface area contributed by atoms with E-state index in [1.807, 2.05) is 0 Å². The van der Waals surface area contributed by atoms with Crippen LogP contribution < -0.4 is 10.1 Å². The fourth-order valence-corrected chi connectivity index (χ4v) is 2.07. The molecule has 1 fully saturated rings. The van der Waals surface area contributed by atoms with E-state index in [1.165, 1.54) is 17.5 Å². The van der Waals surface area contributed by atoms with Crippen LogP contribution in [0.2, 0.25) is 0 Å². The minimum absolute atomic E-state index is 0.549. The van der Waals surface area contributed by atoms with E-state index in [1.54, 1.807) is 0 Å². The van der Waals surface area contributed by atoms with Crippen LogP contribution >= 0.6 is 0 Å². The standard InChI is InChI=1S/C11H13NO/c1-2-8-5-7-13-11(8)9(3-1)10-4-6-12-10/h1-3,10,12H,4-7H2. The van der Waals surface area contributed by atoms with Crippen molar-refractivity contribution >= 4 is 0 Å². The first-order valence-electron chi connectivity index (χ1n) is 4.93. The molecule has 2 aliphatic rings. The molecule has 1 atom stereocenters. The number of hydrogen-bond acceptors (Lipinski definition) is 2. The van der Waals surface area contributed by atoms with Gasteiger partial charge < -0.3 is 10.1 Å². The molecule has 2 heteroatoms.